The molecule has 1 heterocycles. The maximum atomic E-state index is 11.4. The Balaban J connectivity index is 1.82. The summed E-state index contributed by atoms with van der Waals surface area (Å²) < 4.78 is 5.34. The van der Waals surface area contributed by atoms with Gasteiger partial charge in [-0.25, -0.2) is 4.79 Å². The zero-order valence-electron chi connectivity index (χ0n) is 7.43. The van der Waals surface area contributed by atoms with Gasteiger partial charge in [0.05, 0.1) is 0 Å². The van der Waals surface area contributed by atoms with Gasteiger partial charge in [-0.3, -0.25) is 5.32 Å². The highest BCUT2D eigenvalue weighted by molar-refractivity contribution is 5.84. The summed E-state index contributed by atoms with van der Waals surface area (Å²) in [5.41, 5.74) is -0.345. The van der Waals surface area contributed by atoms with Crippen LogP contribution in [0.3, 0.4) is 0 Å². The van der Waals surface area contributed by atoms with Gasteiger partial charge in [-0.2, -0.15) is 0 Å². The van der Waals surface area contributed by atoms with E-state index < -0.39 is 0 Å². The maximum Gasteiger partial charge on any atom is 0.327 e. The number of carbonyl (C=O) groups is 1. The van der Waals surface area contributed by atoms with Gasteiger partial charge >= 0.3 is 5.97 Å². The van der Waals surface area contributed by atoms with E-state index in [4.69, 9.17) is 4.74 Å². The number of hydrogen-bond donors (Lipinski definition) is 1. The lowest BCUT2D eigenvalue weighted by atomic mass is 10.2. The summed E-state index contributed by atoms with van der Waals surface area (Å²) in [5.74, 6) is -0.0607. The van der Waals surface area contributed by atoms with Crippen LogP contribution in [0.1, 0.15) is 32.6 Å². The third kappa shape index (κ3) is 1.46. The fraction of sp³-hybridized carbons (Fsp3) is 0.889. The molecule has 2 rings (SSSR count). The quantitative estimate of drug-likeness (QED) is 0.492. The first-order valence-corrected chi connectivity index (χ1v) is 4.67. The van der Waals surface area contributed by atoms with Crippen molar-refractivity contribution in [1.82, 2.24) is 5.32 Å². The molecule has 3 heteroatoms. The van der Waals surface area contributed by atoms with Crippen LogP contribution in [0.15, 0.2) is 0 Å². The van der Waals surface area contributed by atoms with Gasteiger partial charge in [-0.15, -0.1) is 0 Å². The highest BCUT2D eigenvalue weighted by Gasteiger charge is 2.47. The highest BCUT2D eigenvalue weighted by Crippen LogP contribution is 2.25. The lowest BCUT2D eigenvalue weighted by Gasteiger charge is -2.13. The van der Waals surface area contributed by atoms with Crippen molar-refractivity contribution in [2.75, 3.05) is 6.54 Å². The molecule has 1 aliphatic heterocycles. The van der Waals surface area contributed by atoms with Crippen molar-refractivity contribution in [2.45, 2.75) is 44.2 Å². The summed E-state index contributed by atoms with van der Waals surface area (Å²) in [7, 11) is 0. The molecule has 0 aromatic carbocycles. The van der Waals surface area contributed by atoms with E-state index in [1.54, 1.807) is 0 Å². The van der Waals surface area contributed by atoms with E-state index in [2.05, 4.69) is 5.32 Å². The van der Waals surface area contributed by atoms with Crippen LogP contribution in [0.4, 0.5) is 0 Å². The third-order valence-corrected chi connectivity index (χ3v) is 2.73. The summed E-state index contributed by atoms with van der Waals surface area (Å²) in [6.07, 6.45) is 4.74. The van der Waals surface area contributed by atoms with Crippen LogP contribution >= 0.6 is 0 Å². The second-order valence-electron chi connectivity index (χ2n) is 4.00. The van der Waals surface area contributed by atoms with E-state index in [9.17, 15) is 4.79 Å². The van der Waals surface area contributed by atoms with E-state index in [0.717, 1.165) is 19.4 Å². The predicted molar refractivity (Wildman–Crippen MR) is 44.8 cm³/mol. The molecule has 12 heavy (non-hydrogen) atoms. The van der Waals surface area contributed by atoms with Crippen LogP contribution in [0.5, 0.6) is 0 Å². The first kappa shape index (κ1) is 8.05. The molecule has 1 N–H and O–H groups in total. The Morgan fingerprint density at radius 2 is 2.08 bits per heavy atom. The summed E-state index contributed by atoms with van der Waals surface area (Å²) >= 11 is 0. The van der Waals surface area contributed by atoms with Crippen molar-refractivity contribution in [3.8, 4) is 0 Å². The minimum Gasteiger partial charge on any atom is -0.461 e. The molecule has 0 spiro atoms. The molecule has 68 valence electrons. The number of esters is 1. The molecular formula is C9H15NO2. The molecule has 3 nitrogen and oxygen atoms in total. The second-order valence-corrected chi connectivity index (χ2v) is 4.00. The number of nitrogens with one attached hydrogen (secondary N) is 1. The molecular weight excluding hydrogens is 154 g/mol. The Morgan fingerprint density at radius 1 is 1.50 bits per heavy atom. The molecule has 2 fully saturated rings. The molecule has 1 saturated carbocycles. The van der Waals surface area contributed by atoms with Crippen LogP contribution in [-0.2, 0) is 9.53 Å². The Hall–Kier alpha value is -0.570. The molecule has 2 aliphatic rings. The second kappa shape index (κ2) is 2.73. The lowest BCUT2D eigenvalue weighted by Crippen LogP contribution is -2.29. The fourth-order valence-corrected chi connectivity index (χ4v) is 1.56. The van der Waals surface area contributed by atoms with Gasteiger partial charge in [-0.05, 0) is 32.6 Å². The van der Waals surface area contributed by atoms with Crippen molar-refractivity contribution in [3.05, 3.63) is 0 Å². The van der Waals surface area contributed by atoms with E-state index in [1.165, 1.54) is 12.8 Å². The average molecular weight is 169 g/mol. The monoisotopic (exact) mass is 169 g/mol. The summed E-state index contributed by atoms with van der Waals surface area (Å²) in [6, 6.07) is 0. The van der Waals surface area contributed by atoms with Crippen LogP contribution < -0.4 is 5.32 Å². The van der Waals surface area contributed by atoms with Crippen LogP contribution in [-0.4, -0.2) is 24.2 Å². The van der Waals surface area contributed by atoms with Crippen molar-refractivity contribution in [1.29, 1.82) is 0 Å². The van der Waals surface area contributed by atoms with Crippen molar-refractivity contribution in [3.63, 3.8) is 0 Å². The molecule has 0 aromatic heterocycles. The summed E-state index contributed by atoms with van der Waals surface area (Å²) in [4.78, 5) is 11.4. The van der Waals surface area contributed by atoms with Gasteiger partial charge in [0.1, 0.15) is 11.6 Å². The number of carbonyl (C=O) groups excluding carboxylic acids is 1. The molecule has 0 aromatic rings. The fourth-order valence-electron chi connectivity index (χ4n) is 1.56. The van der Waals surface area contributed by atoms with Gasteiger partial charge in [0.2, 0.25) is 0 Å². The first-order valence-electron chi connectivity index (χ1n) is 4.67. The average Bonchev–Trinajstić information content (AvgIpc) is 2.63. The molecule has 0 bridgehead atoms. The minimum absolute atomic E-state index is 0.0607. The van der Waals surface area contributed by atoms with E-state index in [1.807, 2.05) is 6.92 Å². The SMILES string of the molecule is CC1(C(=O)OC2CCCC2)CN1. The van der Waals surface area contributed by atoms with Crippen molar-refractivity contribution >= 4 is 5.97 Å². The van der Waals surface area contributed by atoms with Crippen molar-refractivity contribution in [2.24, 2.45) is 0 Å². The molecule has 1 atom stereocenters. The summed E-state index contributed by atoms with van der Waals surface area (Å²) in [6.45, 7) is 2.67. The Kier molecular flexibility index (Phi) is 1.83. The van der Waals surface area contributed by atoms with Gasteiger partial charge < -0.3 is 4.74 Å². The maximum absolute atomic E-state index is 11.4. The van der Waals surface area contributed by atoms with Gasteiger partial charge in [0.15, 0.2) is 0 Å². The smallest absolute Gasteiger partial charge is 0.327 e. The first-order chi connectivity index (χ1) is 5.71. The molecule has 1 saturated heterocycles. The number of rotatable bonds is 2. The predicted octanol–water partition coefficient (Wildman–Crippen LogP) is 0.834. The molecule has 1 unspecified atom stereocenters. The molecule has 0 amide bonds. The number of hydrogen-bond acceptors (Lipinski definition) is 3. The zero-order chi connectivity index (χ0) is 8.60. The summed E-state index contributed by atoms with van der Waals surface area (Å²) in [5, 5.41) is 3.01. The zero-order valence-corrected chi connectivity index (χ0v) is 7.43. The van der Waals surface area contributed by atoms with Crippen LogP contribution in [0.25, 0.3) is 0 Å². The van der Waals surface area contributed by atoms with Crippen LogP contribution in [0.2, 0.25) is 0 Å². The Morgan fingerprint density at radius 3 is 2.58 bits per heavy atom. The highest BCUT2D eigenvalue weighted by atomic mass is 16.5. The normalized spacial score (nSPS) is 35.1. The van der Waals surface area contributed by atoms with E-state index >= 15 is 0 Å². The Labute approximate surface area is 72.5 Å². The molecule has 0 radical (unpaired) electrons. The van der Waals surface area contributed by atoms with Crippen molar-refractivity contribution < 1.29 is 9.53 Å². The van der Waals surface area contributed by atoms with E-state index in [-0.39, 0.29) is 17.6 Å². The third-order valence-electron chi connectivity index (χ3n) is 2.73. The molecule has 1 aliphatic carbocycles. The largest absolute Gasteiger partial charge is 0.461 e. The van der Waals surface area contributed by atoms with E-state index in [0.29, 0.717) is 0 Å². The standard InChI is InChI=1S/C9H15NO2/c1-9(6-10-9)8(11)12-7-4-2-3-5-7/h7,10H,2-6H2,1H3. The van der Waals surface area contributed by atoms with Gasteiger partial charge in [-0.1, -0.05) is 0 Å². The number of ether oxygens (including phenoxy) is 1. The topological polar surface area (TPSA) is 48.2 Å². The Bertz CT molecular complexity index is 193. The van der Waals surface area contributed by atoms with Gasteiger partial charge in [0.25, 0.3) is 0 Å². The minimum atomic E-state index is -0.345. The van der Waals surface area contributed by atoms with Crippen LogP contribution in [0, 0.1) is 0 Å². The lowest BCUT2D eigenvalue weighted by molar-refractivity contribution is -0.151. The van der Waals surface area contributed by atoms with Gasteiger partial charge in [0, 0.05) is 6.54 Å².